The zero-order valence-corrected chi connectivity index (χ0v) is 12.6. The molecule has 1 amide bonds. The first-order valence-electron chi connectivity index (χ1n) is 6.37. The van der Waals surface area contributed by atoms with Crippen LogP contribution in [0.25, 0.3) is 0 Å². The lowest BCUT2D eigenvalue weighted by Gasteiger charge is -2.31. The Morgan fingerprint density at radius 1 is 1.33 bits per heavy atom. The normalized spacial score (nSPS) is 20.8. The highest BCUT2D eigenvalue weighted by Crippen LogP contribution is 2.35. The van der Waals surface area contributed by atoms with Gasteiger partial charge in [0.25, 0.3) is 5.91 Å². The van der Waals surface area contributed by atoms with Crippen LogP contribution < -0.4 is 0 Å². The summed E-state index contributed by atoms with van der Waals surface area (Å²) in [6.07, 6.45) is 4.83. The molecule has 0 spiro atoms. The summed E-state index contributed by atoms with van der Waals surface area (Å²) in [7, 11) is 0. The van der Waals surface area contributed by atoms with Gasteiger partial charge in [-0.3, -0.25) is 9.78 Å². The molecule has 1 aliphatic heterocycles. The van der Waals surface area contributed by atoms with Crippen LogP contribution >= 0.6 is 15.9 Å². The van der Waals surface area contributed by atoms with Gasteiger partial charge >= 0.3 is 0 Å². The van der Waals surface area contributed by atoms with Gasteiger partial charge in [-0.2, -0.15) is 10.1 Å². The minimum absolute atomic E-state index is 0.245. The van der Waals surface area contributed by atoms with Crippen LogP contribution in [0.15, 0.2) is 58.4 Å². The number of carbonyl (C=O) groups is 1. The van der Waals surface area contributed by atoms with E-state index in [1.807, 2.05) is 12.1 Å². The molecular formula is C15H12BrN3O2. The van der Waals surface area contributed by atoms with E-state index in [2.05, 4.69) is 26.0 Å². The molecule has 1 N–H and O–H groups in total. The molecule has 5 nitrogen and oxygen atoms in total. The van der Waals surface area contributed by atoms with Crippen molar-refractivity contribution in [1.29, 1.82) is 0 Å². The van der Waals surface area contributed by atoms with Crippen molar-refractivity contribution in [2.45, 2.75) is 12.1 Å². The van der Waals surface area contributed by atoms with Crippen LogP contribution in [0.5, 0.6) is 0 Å². The van der Waals surface area contributed by atoms with Gasteiger partial charge in [-0.05, 0) is 24.3 Å². The number of hydrogen-bond acceptors (Lipinski definition) is 4. The van der Waals surface area contributed by atoms with Crippen molar-refractivity contribution in [3.05, 3.63) is 64.4 Å². The molecule has 0 saturated carbocycles. The summed E-state index contributed by atoms with van der Waals surface area (Å²) < 4.78 is 0.828. The Hall–Kier alpha value is -2.05. The number of rotatable bonds is 2. The van der Waals surface area contributed by atoms with Crippen molar-refractivity contribution in [3.63, 3.8) is 0 Å². The van der Waals surface area contributed by atoms with E-state index in [9.17, 15) is 9.90 Å². The number of carbonyl (C=O) groups excluding carboxylic acids is 1. The molecule has 0 bridgehead atoms. The van der Waals surface area contributed by atoms with E-state index >= 15 is 0 Å². The Bertz CT molecular complexity index is 705. The lowest BCUT2D eigenvalue weighted by atomic mass is 9.99. The highest BCUT2D eigenvalue weighted by Gasteiger charge is 2.43. The fraction of sp³-hybridized carbons (Fsp3) is 0.133. The lowest BCUT2D eigenvalue weighted by Crippen LogP contribution is -2.43. The number of aliphatic hydroxyl groups is 1. The van der Waals surface area contributed by atoms with Crippen LogP contribution in [0, 0.1) is 0 Å². The van der Waals surface area contributed by atoms with Gasteiger partial charge in [-0.1, -0.05) is 28.1 Å². The number of halogens is 1. The molecule has 21 heavy (non-hydrogen) atoms. The largest absolute Gasteiger partial charge is 0.365 e. The number of nitrogens with zero attached hydrogens (tertiary/aromatic N) is 3. The Morgan fingerprint density at radius 2 is 2.19 bits per heavy atom. The van der Waals surface area contributed by atoms with Crippen LogP contribution in [-0.2, 0) is 5.72 Å². The second-order valence-electron chi connectivity index (χ2n) is 4.69. The standard InChI is InChI=1S/C15H12BrN3O2/c16-13-5-1-4-12(9-13)15(21)6-8-18-19(15)14(20)11-3-2-7-17-10-11/h1-5,7-10,21H,6H2/t15-/m0/s1. The van der Waals surface area contributed by atoms with Crippen molar-refractivity contribution in [1.82, 2.24) is 9.99 Å². The summed E-state index contributed by atoms with van der Waals surface area (Å²) in [5.41, 5.74) is -0.493. The molecule has 1 aromatic heterocycles. The van der Waals surface area contributed by atoms with Gasteiger partial charge in [0.05, 0.1) is 5.56 Å². The molecule has 0 radical (unpaired) electrons. The van der Waals surface area contributed by atoms with Gasteiger partial charge in [-0.25, -0.2) is 0 Å². The van der Waals surface area contributed by atoms with E-state index in [0.29, 0.717) is 11.1 Å². The maximum Gasteiger partial charge on any atom is 0.278 e. The Morgan fingerprint density at radius 3 is 2.90 bits per heavy atom. The van der Waals surface area contributed by atoms with Crippen LogP contribution in [0.4, 0.5) is 0 Å². The molecule has 6 heteroatoms. The van der Waals surface area contributed by atoms with Gasteiger partial charge < -0.3 is 5.11 Å². The van der Waals surface area contributed by atoms with Crippen molar-refractivity contribution >= 4 is 28.1 Å². The molecule has 2 aromatic rings. The fourth-order valence-corrected chi connectivity index (χ4v) is 2.64. The number of benzene rings is 1. The third-order valence-corrected chi connectivity index (χ3v) is 3.80. The van der Waals surface area contributed by atoms with Gasteiger partial charge in [0, 0.05) is 35.1 Å². The topological polar surface area (TPSA) is 65.8 Å². The molecule has 1 atom stereocenters. The number of aromatic nitrogens is 1. The van der Waals surface area contributed by atoms with E-state index in [1.54, 1.807) is 30.5 Å². The Labute approximate surface area is 130 Å². The molecular weight excluding hydrogens is 334 g/mol. The first-order chi connectivity index (χ1) is 10.1. The first-order valence-corrected chi connectivity index (χ1v) is 7.16. The zero-order valence-electron chi connectivity index (χ0n) is 11.0. The molecule has 1 aliphatic rings. The SMILES string of the molecule is O=C(c1cccnc1)N1N=CC[C@]1(O)c1cccc(Br)c1. The van der Waals surface area contributed by atoms with Crippen LogP contribution in [0.3, 0.4) is 0 Å². The highest BCUT2D eigenvalue weighted by atomic mass is 79.9. The average Bonchev–Trinajstić information content (AvgIpc) is 2.91. The minimum Gasteiger partial charge on any atom is -0.365 e. The maximum absolute atomic E-state index is 12.5. The third-order valence-electron chi connectivity index (χ3n) is 3.31. The van der Waals surface area contributed by atoms with Gasteiger partial charge in [0.15, 0.2) is 5.72 Å². The molecule has 1 aromatic carbocycles. The number of amides is 1. The van der Waals surface area contributed by atoms with E-state index in [-0.39, 0.29) is 12.3 Å². The molecule has 106 valence electrons. The second kappa shape index (κ2) is 5.38. The van der Waals surface area contributed by atoms with E-state index < -0.39 is 5.72 Å². The van der Waals surface area contributed by atoms with Crippen LogP contribution in [0.2, 0.25) is 0 Å². The highest BCUT2D eigenvalue weighted by molar-refractivity contribution is 9.10. The Balaban J connectivity index is 1.98. The quantitative estimate of drug-likeness (QED) is 0.909. The van der Waals surface area contributed by atoms with Crippen LogP contribution in [0.1, 0.15) is 22.3 Å². The molecule has 2 heterocycles. The third kappa shape index (κ3) is 2.48. The predicted octanol–water partition coefficient (Wildman–Crippen LogP) is 2.52. The minimum atomic E-state index is -1.48. The molecule has 0 saturated heterocycles. The predicted molar refractivity (Wildman–Crippen MR) is 81.6 cm³/mol. The van der Waals surface area contributed by atoms with Crippen molar-refractivity contribution in [2.75, 3.05) is 0 Å². The number of pyridine rings is 1. The smallest absolute Gasteiger partial charge is 0.278 e. The van der Waals surface area contributed by atoms with Gasteiger partial charge in [-0.15, -0.1) is 0 Å². The summed E-state index contributed by atoms with van der Waals surface area (Å²) in [5, 5.41) is 16.1. The fourth-order valence-electron chi connectivity index (χ4n) is 2.24. The molecule has 3 rings (SSSR count). The maximum atomic E-state index is 12.5. The van der Waals surface area contributed by atoms with Crippen molar-refractivity contribution in [2.24, 2.45) is 5.10 Å². The van der Waals surface area contributed by atoms with Crippen molar-refractivity contribution < 1.29 is 9.90 Å². The van der Waals surface area contributed by atoms with Crippen LogP contribution in [-0.4, -0.2) is 27.2 Å². The Kier molecular flexibility index (Phi) is 3.57. The summed E-state index contributed by atoms with van der Waals surface area (Å²) in [6, 6.07) is 10.5. The van der Waals surface area contributed by atoms with E-state index in [0.717, 1.165) is 9.48 Å². The molecule has 0 fully saturated rings. The molecule has 0 unspecified atom stereocenters. The van der Waals surface area contributed by atoms with E-state index in [4.69, 9.17) is 0 Å². The number of hydrogen-bond donors (Lipinski definition) is 1. The summed E-state index contributed by atoms with van der Waals surface area (Å²) >= 11 is 3.37. The summed E-state index contributed by atoms with van der Waals surface area (Å²) in [4.78, 5) is 16.4. The lowest BCUT2D eigenvalue weighted by molar-refractivity contribution is -0.0764. The monoisotopic (exact) mass is 345 g/mol. The number of hydrazone groups is 1. The second-order valence-corrected chi connectivity index (χ2v) is 5.60. The van der Waals surface area contributed by atoms with Gasteiger partial charge in [0.1, 0.15) is 0 Å². The summed E-state index contributed by atoms with van der Waals surface area (Å²) in [6.45, 7) is 0. The van der Waals surface area contributed by atoms with E-state index in [1.165, 1.54) is 12.4 Å². The van der Waals surface area contributed by atoms with Crippen molar-refractivity contribution in [3.8, 4) is 0 Å². The first kappa shape index (κ1) is 13.9. The summed E-state index contributed by atoms with van der Waals surface area (Å²) in [5.74, 6) is -0.390. The zero-order chi connectivity index (χ0) is 14.9. The average molecular weight is 346 g/mol. The van der Waals surface area contributed by atoms with Gasteiger partial charge in [0.2, 0.25) is 0 Å². The molecule has 0 aliphatic carbocycles.